The SMILES string of the molecule is c1ccc(-c2ccc(N(c3ccccc3)c3ccc(-c4ccc5c(c4)C4(c6ccccc6Sc6ccccc64)c4ccccc4[SiH]5c4ccccc4)cc3)cc2)cc1. The Balaban J connectivity index is 1.08. The minimum absolute atomic E-state index is 0.450. The van der Waals surface area contributed by atoms with Gasteiger partial charge in [0.2, 0.25) is 0 Å². The molecule has 0 radical (unpaired) electrons. The molecule has 0 bridgehead atoms. The van der Waals surface area contributed by atoms with Crippen LogP contribution in [0.2, 0.25) is 0 Å². The monoisotopic (exact) mass is 773 g/mol. The van der Waals surface area contributed by atoms with Gasteiger partial charge >= 0.3 is 0 Å². The van der Waals surface area contributed by atoms with Crippen molar-refractivity contribution in [1.29, 1.82) is 0 Å². The number of hydrogen-bond donors (Lipinski definition) is 0. The van der Waals surface area contributed by atoms with Crippen LogP contribution in [0.3, 0.4) is 0 Å². The van der Waals surface area contributed by atoms with Gasteiger partial charge in [-0.25, -0.2) is 0 Å². The number of hydrogen-bond acceptors (Lipinski definition) is 2. The van der Waals surface area contributed by atoms with Crippen LogP contribution in [-0.4, -0.2) is 8.80 Å². The highest BCUT2D eigenvalue weighted by Crippen LogP contribution is 2.56. The number of anilines is 3. The van der Waals surface area contributed by atoms with Crippen molar-refractivity contribution >= 4 is 53.2 Å². The molecular weight excluding hydrogens is 735 g/mol. The topological polar surface area (TPSA) is 3.24 Å². The largest absolute Gasteiger partial charge is 0.311 e. The van der Waals surface area contributed by atoms with E-state index >= 15 is 0 Å². The molecule has 0 saturated carbocycles. The maximum absolute atomic E-state index is 2.55. The molecule has 58 heavy (non-hydrogen) atoms. The van der Waals surface area contributed by atoms with Crippen molar-refractivity contribution in [2.24, 2.45) is 0 Å². The lowest BCUT2D eigenvalue weighted by atomic mass is 9.64. The molecule has 2 heterocycles. The first kappa shape index (κ1) is 34.6. The van der Waals surface area contributed by atoms with Crippen molar-refractivity contribution in [1.82, 2.24) is 0 Å². The Morgan fingerprint density at radius 2 is 0.759 bits per heavy atom. The molecule has 2 aliphatic heterocycles. The van der Waals surface area contributed by atoms with Crippen LogP contribution < -0.4 is 20.5 Å². The normalized spacial score (nSPS) is 14.4. The summed E-state index contributed by atoms with van der Waals surface area (Å²) >= 11 is 1.90. The summed E-state index contributed by atoms with van der Waals surface area (Å²) in [7, 11) is -1.85. The zero-order valence-corrected chi connectivity index (χ0v) is 33.8. The van der Waals surface area contributed by atoms with Gasteiger partial charge in [-0.05, 0) is 109 Å². The number of nitrogens with zero attached hydrogens (tertiary/aromatic N) is 1. The molecule has 3 heteroatoms. The average Bonchev–Trinajstić information content (AvgIpc) is 3.30. The van der Waals surface area contributed by atoms with E-state index in [2.05, 4.69) is 235 Å². The number of rotatable bonds is 6. The molecule has 0 aromatic heterocycles. The minimum atomic E-state index is -1.85. The van der Waals surface area contributed by atoms with Crippen molar-refractivity contribution in [2.45, 2.75) is 15.2 Å². The van der Waals surface area contributed by atoms with Gasteiger partial charge in [0, 0.05) is 26.9 Å². The van der Waals surface area contributed by atoms with Crippen LogP contribution >= 0.6 is 11.8 Å². The van der Waals surface area contributed by atoms with Crippen LogP contribution in [0.5, 0.6) is 0 Å². The molecule has 1 unspecified atom stereocenters. The Labute approximate surface area is 346 Å². The molecule has 9 aromatic rings. The van der Waals surface area contributed by atoms with E-state index in [0.717, 1.165) is 17.1 Å². The maximum Gasteiger partial charge on any atom is 0.133 e. The van der Waals surface area contributed by atoms with Gasteiger partial charge in [0.25, 0.3) is 0 Å². The van der Waals surface area contributed by atoms with Gasteiger partial charge in [-0.2, -0.15) is 0 Å². The van der Waals surface area contributed by atoms with Crippen molar-refractivity contribution in [3.8, 4) is 22.3 Å². The Bertz CT molecular complexity index is 2860. The van der Waals surface area contributed by atoms with Crippen molar-refractivity contribution in [3.05, 3.63) is 253 Å². The number of benzene rings is 9. The predicted molar refractivity (Wildman–Crippen MR) is 247 cm³/mol. The molecule has 1 spiro atoms. The van der Waals surface area contributed by atoms with Crippen molar-refractivity contribution in [3.63, 3.8) is 0 Å². The highest BCUT2D eigenvalue weighted by Gasteiger charge is 2.50. The van der Waals surface area contributed by atoms with Gasteiger partial charge in [-0.3, -0.25) is 0 Å². The third-order valence-corrected chi connectivity index (χ3v) is 16.5. The second-order valence-corrected chi connectivity index (χ2v) is 19.1. The van der Waals surface area contributed by atoms with E-state index in [0.29, 0.717) is 0 Å². The summed E-state index contributed by atoms with van der Waals surface area (Å²) in [5, 5.41) is 4.45. The molecule has 1 atom stereocenters. The maximum atomic E-state index is 2.55. The molecule has 274 valence electrons. The molecule has 0 amide bonds. The predicted octanol–water partition coefficient (Wildman–Crippen LogP) is 11.9. The molecule has 2 aliphatic rings. The second kappa shape index (κ2) is 14.4. The molecule has 0 aliphatic carbocycles. The third-order valence-electron chi connectivity index (χ3n) is 12.1. The van der Waals surface area contributed by atoms with E-state index in [1.54, 1.807) is 0 Å². The molecule has 0 saturated heterocycles. The molecule has 1 nitrogen and oxygen atoms in total. The standard InChI is InChI=1S/C55H39NSSi/c1-4-16-39(17-5-1)40-28-33-44(34-29-40)56(43-18-6-2-7-19-43)45-35-30-41(31-36-45)42-32-37-54-50(38-42)55(47-22-10-13-25-51(47)57-52-26-14-11-23-48(52)55)49-24-12-15-27-53(49)58(54)46-20-8-3-9-21-46/h1-38,58H. The zero-order valence-electron chi connectivity index (χ0n) is 31.9. The van der Waals surface area contributed by atoms with Gasteiger partial charge in [-0.15, -0.1) is 0 Å². The Morgan fingerprint density at radius 3 is 1.38 bits per heavy atom. The van der Waals surface area contributed by atoms with Crippen molar-refractivity contribution < 1.29 is 0 Å². The number of fused-ring (bicyclic) bond motifs is 8. The lowest BCUT2D eigenvalue weighted by molar-refractivity contribution is 0.708. The Kier molecular flexibility index (Phi) is 8.57. The lowest BCUT2D eigenvalue weighted by Gasteiger charge is -2.48. The summed E-state index contributed by atoms with van der Waals surface area (Å²) < 4.78 is 0. The van der Waals surface area contributed by atoms with Crippen LogP contribution in [0.25, 0.3) is 22.3 Å². The van der Waals surface area contributed by atoms with Crippen LogP contribution in [0.1, 0.15) is 22.3 Å². The first-order valence-corrected chi connectivity index (χ1v) is 22.6. The lowest BCUT2D eigenvalue weighted by Crippen LogP contribution is -2.62. The first-order chi connectivity index (χ1) is 28.8. The molecule has 9 aromatic carbocycles. The van der Waals surface area contributed by atoms with Crippen LogP contribution in [0.15, 0.2) is 240 Å². The van der Waals surface area contributed by atoms with Crippen LogP contribution in [0, 0.1) is 0 Å². The Morgan fingerprint density at radius 1 is 0.328 bits per heavy atom. The van der Waals surface area contributed by atoms with E-state index in [4.69, 9.17) is 0 Å². The minimum Gasteiger partial charge on any atom is -0.311 e. The smallest absolute Gasteiger partial charge is 0.133 e. The van der Waals surface area contributed by atoms with E-state index in [9.17, 15) is 0 Å². The zero-order chi connectivity index (χ0) is 38.5. The summed E-state index contributed by atoms with van der Waals surface area (Å²) in [6, 6.07) is 85.6. The van der Waals surface area contributed by atoms with Gasteiger partial charge in [0.15, 0.2) is 0 Å². The Hall–Kier alpha value is -6.65. The van der Waals surface area contributed by atoms with E-state index < -0.39 is 14.2 Å². The fourth-order valence-corrected chi connectivity index (χ4v) is 14.2. The summed E-state index contributed by atoms with van der Waals surface area (Å²) in [6.45, 7) is 0. The summed E-state index contributed by atoms with van der Waals surface area (Å²) in [6.07, 6.45) is 0. The summed E-state index contributed by atoms with van der Waals surface area (Å²) in [5.41, 5.74) is 13.4. The average molecular weight is 774 g/mol. The van der Waals surface area contributed by atoms with Crippen molar-refractivity contribution in [2.75, 3.05) is 4.90 Å². The van der Waals surface area contributed by atoms with E-state index in [-0.39, 0.29) is 0 Å². The van der Waals surface area contributed by atoms with Gasteiger partial charge in [-0.1, -0.05) is 193 Å². The second-order valence-electron chi connectivity index (χ2n) is 15.2. The van der Waals surface area contributed by atoms with Gasteiger partial charge in [0.1, 0.15) is 8.80 Å². The molecule has 0 N–H and O–H groups in total. The van der Waals surface area contributed by atoms with E-state index in [1.807, 2.05) is 11.8 Å². The molecule has 11 rings (SSSR count). The van der Waals surface area contributed by atoms with Gasteiger partial charge in [0.05, 0.1) is 5.41 Å². The highest BCUT2D eigenvalue weighted by molar-refractivity contribution is 7.99. The number of para-hydroxylation sites is 1. The third kappa shape index (κ3) is 5.61. The fourth-order valence-electron chi connectivity index (χ4n) is 9.56. The highest BCUT2D eigenvalue weighted by atomic mass is 32.2. The summed E-state index contributed by atoms with van der Waals surface area (Å²) in [4.78, 5) is 5.00. The van der Waals surface area contributed by atoms with E-state index in [1.165, 1.54) is 69.9 Å². The van der Waals surface area contributed by atoms with Gasteiger partial charge < -0.3 is 4.90 Å². The van der Waals surface area contributed by atoms with Crippen LogP contribution in [0.4, 0.5) is 17.1 Å². The summed E-state index contributed by atoms with van der Waals surface area (Å²) in [5.74, 6) is 0. The fraction of sp³-hybridized carbons (Fsp3) is 0.0182. The first-order valence-electron chi connectivity index (χ1n) is 20.0. The quantitative estimate of drug-likeness (QED) is 0.155. The van der Waals surface area contributed by atoms with Crippen LogP contribution in [-0.2, 0) is 5.41 Å². The molecule has 0 fully saturated rings. The molecular formula is C55H39NSSi.